The number of aryl methyl sites for hydroxylation is 1. The van der Waals surface area contributed by atoms with E-state index in [0.29, 0.717) is 0 Å². The molecule has 2 nitrogen and oxygen atoms in total. The highest BCUT2D eigenvalue weighted by Crippen LogP contribution is 2.26. The summed E-state index contributed by atoms with van der Waals surface area (Å²) in [7, 11) is 0. The molecule has 78 valence electrons. The lowest BCUT2D eigenvalue weighted by Crippen LogP contribution is -2.36. The standard InChI is InChI=1S/C8H7F4NO/c1-4-2-5(9)7(6(10)3-4)14-8(11,12)13/h2-3H,13H2,1H3. The molecule has 1 rings (SSSR count). The molecule has 0 saturated heterocycles. The van der Waals surface area contributed by atoms with Gasteiger partial charge in [0.25, 0.3) is 0 Å². The molecule has 0 bridgehead atoms. The average molecular weight is 209 g/mol. The number of benzene rings is 1. The zero-order valence-corrected chi connectivity index (χ0v) is 7.15. The predicted octanol–water partition coefficient (Wildman–Crippen LogP) is 2.16. The molecule has 1 aromatic carbocycles. The number of hydrogen-bond donors (Lipinski definition) is 1. The first-order chi connectivity index (χ1) is 6.29. The minimum Gasteiger partial charge on any atom is -0.414 e. The number of rotatable bonds is 2. The lowest BCUT2D eigenvalue weighted by Gasteiger charge is -2.13. The Morgan fingerprint density at radius 3 is 2.00 bits per heavy atom. The van der Waals surface area contributed by atoms with E-state index >= 15 is 0 Å². The van der Waals surface area contributed by atoms with Gasteiger partial charge < -0.3 is 4.74 Å². The zero-order chi connectivity index (χ0) is 10.9. The van der Waals surface area contributed by atoms with Crippen molar-refractivity contribution in [2.24, 2.45) is 5.73 Å². The van der Waals surface area contributed by atoms with Crippen LogP contribution < -0.4 is 10.5 Å². The Labute approximate surface area is 77.3 Å². The molecule has 1 aromatic rings. The second kappa shape index (κ2) is 3.45. The predicted molar refractivity (Wildman–Crippen MR) is 40.9 cm³/mol. The van der Waals surface area contributed by atoms with Gasteiger partial charge in [0.1, 0.15) is 0 Å². The van der Waals surface area contributed by atoms with Crippen LogP contribution in [0.5, 0.6) is 5.75 Å². The van der Waals surface area contributed by atoms with Crippen LogP contribution in [0, 0.1) is 18.6 Å². The minimum atomic E-state index is -4.10. The van der Waals surface area contributed by atoms with E-state index in [2.05, 4.69) is 10.5 Å². The van der Waals surface area contributed by atoms with Crippen LogP contribution in [0.2, 0.25) is 0 Å². The maximum Gasteiger partial charge on any atom is 0.466 e. The van der Waals surface area contributed by atoms with E-state index in [1.54, 1.807) is 0 Å². The number of halogens is 4. The Morgan fingerprint density at radius 2 is 1.64 bits per heavy atom. The summed E-state index contributed by atoms with van der Waals surface area (Å²) in [4.78, 5) is 0. The maximum atomic E-state index is 12.9. The second-order valence-electron chi connectivity index (χ2n) is 2.72. The van der Waals surface area contributed by atoms with Gasteiger partial charge in [-0.15, -0.1) is 8.78 Å². The molecule has 0 heterocycles. The number of nitrogens with two attached hydrogens (primary N) is 1. The minimum absolute atomic E-state index is 0.257. The van der Waals surface area contributed by atoms with E-state index in [-0.39, 0.29) is 5.56 Å². The number of hydrogen-bond acceptors (Lipinski definition) is 2. The molecule has 14 heavy (non-hydrogen) atoms. The average Bonchev–Trinajstić information content (AvgIpc) is 1.95. The molecule has 2 N–H and O–H groups in total. The van der Waals surface area contributed by atoms with E-state index in [9.17, 15) is 17.6 Å². The molecule has 0 aromatic heterocycles. The summed E-state index contributed by atoms with van der Waals surface area (Å²) in [6, 6.07) is 1.73. The van der Waals surface area contributed by atoms with E-state index < -0.39 is 23.6 Å². The van der Waals surface area contributed by atoms with Crippen molar-refractivity contribution < 1.29 is 22.3 Å². The van der Waals surface area contributed by atoms with Gasteiger partial charge in [-0.1, -0.05) is 0 Å². The van der Waals surface area contributed by atoms with Gasteiger partial charge in [0.2, 0.25) is 0 Å². The highest BCUT2D eigenvalue weighted by molar-refractivity contribution is 5.30. The van der Waals surface area contributed by atoms with Crippen LogP contribution in [0.1, 0.15) is 5.56 Å². The van der Waals surface area contributed by atoms with Gasteiger partial charge in [-0.3, -0.25) is 0 Å². The molecule has 0 aliphatic heterocycles. The van der Waals surface area contributed by atoms with E-state index in [0.717, 1.165) is 12.1 Å². The monoisotopic (exact) mass is 209 g/mol. The van der Waals surface area contributed by atoms with Gasteiger partial charge in [0.15, 0.2) is 17.4 Å². The normalized spacial score (nSPS) is 11.6. The second-order valence-corrected chi connectivity index (χ2v) is 2.72. The largest absolute Gasteiger partial charge is 0.466 e. The van der Waals surface area contributed by atoms with Gasteiger partial charge in [0, 0.05) is 0 Å². The Morgan fingerprint density at radius 1 is 1.21 bits per heavy atom. The third kappa shape index (κ3) is 2.59. The van der Waals surface area contributed by atoms with Crippen LogP contribution in [0.4, 0.5) is 17.6 Å². The smallest absolute Gasteiger partial charge is 0.414 e. The van der Waals surface area contributed by atoms with Crippen molar-refractivity contribution in [2.45, 2.75) is 13.2 Å². The quantitative estimate of drug-likeness (QED) is 0.460. The Bertz CT molecular complexity index is 325. The fourth-order valence-electron chi connectivity index (χ4n) is 0.920. The molecular formula is C8H7F4NO. The lowest BCUT2D eigenvalue weighted by atomic mass is 10.2. The van der Waals surface area contributed by atoms with Crippen LogP contribution >= 0.6 is 0 Å². The van der Waals surface area contributed by atoms with Crippen molar-refractivity contribution in [1.29, 1.82) is 0 Å². The van der Waals surface area contributed by atoms with Crippen LogP contribution in [-0.4, -0.2) is 6.23 Å². The Hall–Kier alpha value is -1.30. The van der Waals surface area contributed by atoms with Gasteiger partial charge in [-0.2, -0.15) is 0 Å². The van der Waals surface area contributed by atoms with Crippen molar-refractivity contribution in [3.8, 4) is 5.75 Å². The first kappa shape index (κ1) is 10.8. The van der Waals surface area contributed by atoms with Crippen molar-refractivity contribution in [1.82, 2.24) is 0 Å². The summed E-state index contributed by atoms with van der Waals surface area (Å²) in [6.07, 6.45) is -4.10. The van der Waals surface area contributed by atoms with Gasteiger partial charge in [-0.05, 0) is 24.6 Å². The molecule has 0 atom stereocenters. The van der Waals surface area contributed by atoms with Crippen LogP contribution in [0.25, 0.3) is 0 Å². The molecular weight excluding hydrogens is 202 g/mol. The number of alkyl halides is 2. The first-order valence-corrected chi connectivity index (χ1v) is 3.61. The third-order valence-electron chi connectivity index (χ3n) is 1.38. The van der Waals surface area contributed by atoms with Crippen molar-refractivity contribution >= 4 is 0 Å². The highest BCUT2D eigenvalue weighted by atomic mass is 19.3. The lowest BCUT2D eigenvalue weighted by molar-refractivity contribution is -0.173. The van der Waals surface area contributed by atoms with Gasteiger partial charge in [-0.25, -0.2) is 14.5 Å². The SMILES string of the molecule is Cc1cc(F)c(OC(N)(F)F)c(F)c1. The topological polar surface area (TPSA) is 35.2 Å². The summed E-state index contributed by atoms with van der Waals surface area (Å²) >= 11 is 0. The van der Waals surface area contributed by atoms with E-state index in [1.807, 2.05) is 0 Å². The fourth-order valence-corrected chi connectivity index (χ4v) is 0.920. The van der Waals surface area contributed by atoms with Crippen LogP contribution in [-0.2, 0) is 0 Å². The third-order valence-corrected chi connectivity index (χ3v) is 1.38. The summed E-state index contributed by atoms with van der Waals surface area (Å²) in [5, 5.41) is 0. The van der Waals surface area contributed by atoms with Crippen molar-refractivity contribution in [3.05, 3.63) is 29.3 Å². The van der Waals surface area contributed by atoms with E-state index in [4.69, 9.17) is 0 Å². The van der Waals surface area contributed by atoms with Crippen molar-refractivity contribution in [3.63, 3.8) is 0 Å². The molecule has 0 unspecified atom stereocenters. The van der Waals surface area contributed by atoms with Crippen LogP contribution in [0.15, 0.2) is 12.1 Å². The van der Waals surface area contributed by atoms with Gasteiger partial charge in [0.05, 0.1) is 0 Å². The molecule has 0 aliphatic carbocycles. The fraction of sp³-hybridized carbons (Fsp3) is 0.250. The summed E-state index contributed by atoms with van der Waals surface area (Å²) in [5.41, 5.74) is 4.41. The Kier molecular flexibility index (Phi) is 2.66. The van der Waals surface area contributed by atoms with E-state index in [1.165, 1.54) is 6.92 Å². The molecule has 6 heteroatoms. The Balaban J connectivity index is 3.09. The molecule has 0 spiro atoms. The summed E-state index contributed by atoms with van der Waals surface area (Å²) in [5.74, 6) is -3.61. The first-order valence-electron chi connectivity index (χ1n) is 3.61. The number of ether oxygens (including phenoxy) is 1. The maximum absolute atomic E-state index is 12.9. The molecule has 0 radical (unpaired) electrons. The van der Waals surface area contributed by atoms with Crippen LogP contribution in [0.3, 0.4) is 0 Å². The molecule has 0 amide bonds. The summed E-state index contributed by atoms with van der Waals surface area (Å²) in [6.45, 7) is 1.41. The highest BCUT2D eigenvalue weighted by Gasteiger charge is 2.28. The molecule has 0 aliphatic rings. The summed E-state index contributed by atoms with van der Waals surface area (Å²) < 4.78 is 53.6. The van der Waals surface area contributed by atoms with Gasteiger partial charge >= 0.3 is 6.23 Å². The van der Waals surface area contributed by atoms with Crippen molar-refractivity contribution in [2.75, 3.05) is 0 Å². The molecule has 0 saturated carbocycles. The molecule has 0 fully saturated rings. The zero-order valence-electron chi connectivity index (χ0n) is 7.15.